The standard InChI is InChI=1S/C37H38F6N4.C3H8.2C2H4N.12FH.Fe.2Sb/c1-24-8-4-10-30(36(38,39)40)34(24)26-14-16-28(44-20-26)22-46-18-6-12-32(46)33-13-7-19-47(33)23-29-17-15-27(21-45(29)3)35-25(2)9-5-11-31(35)37(41,42)43;1-3-2;2*1-2-3;;;;;;;;;;;;;;;/h4-5,8-11,14-17,20-21,32-33H,3,6-7,12-13,18-19,22-23H2,1-2H3;3H2,1-2H3;2*2H,1H3;12*1H;;;/q;;2*-1;;;;;;;;;;;;;3*+5/p-12/t32-,33-;;;;;;;;;;;;;;;;;;/m0................../s1. The molecule has 2 fully saturated rings. The molecule has 6 rings (SSSR count). The summed E-state index contributed by atoms with van der Waals surface area (Å²) in [5.41, 5.74) is 2.78. The average Bonchev–Trinajstić information content (AvgIpc) is 3.83. The van der Waals surface area contributed by atoms with Crippen molar-refractivity contribution in [3.63, 3.8) is 0 Å². The van der Waals surface area contributed by atoms with Gasteiger partial charge in [0.05, 0.1) is 28.7 Å². The van der Waals surface area contributed by atoms with E-state index in [-0.39, 0.29) is 37.6 Å². The fourth-order valence-corrected chi connectivity index (χ4v) is 7.49. The van der Waals surface area contributed by atoms with Crippen LogP contribution in [0.2, 0.25) is 0 Å². The van der Waals surface area contributed by atoms with Gasteiger partial charge in [-0.1, -0.05) is 76.6 Å². The maximum atomic E-state index is 13.8. The van der Waals surface area contributed by atoms with Gasteiger partial charge in [-0.15, -0.1) is 0 Å². The second-order valence-electron chi connectivity index (χ2n) is 15.3. The fourth-order valence-electron chi connectivity index (χ4n) is 7.49. The van der Waals surface area contributed by atoms with Crippen molar-refractivity contribution in [2.24, 2.45) is 0 Å². The molecule has 2 aliphatic heterocycles. The molecule has 2 saturated heterocycles. The first-order valence-corrected chi connectivity index (χ1v) is 30.4. The Labute approximate surface area is 421 Å². The molecule has 4 heterocycles. The van der Waals surface area contributed by atoms with Crippen molar-refractivity contribution < 1.29 is 85.5 Å². The molecule has 71 heavy (non-hydrogen) atoms. The molecular weight excluding hydrogens is 1250 g/mol. The molecular formula is C44H54F18FeN6Sb2+. The Morgan fingerprint density at radius 3 is 1.34 bits per heavy atom. The first-order valence-electron chi connectivity index (χ1n) is 20.7. The van der Waals surface area contributed by atoms with Gasteiger partial charge in [0.15, 0.2) is 0 Å². The third-order valence-electron chi connectivity index (χ3n) is 9.68. The molecule has 1 radical (unpaired) electrons. The first kappa shape index (κ1) is 72.0. The SMILES string of the molecule is CC=[N-].CC=[N-].CCC.[CH2-][n+]1cc(-c2c(C)cccc2C(F)(F)F)ccc1CN1CCC[C@H]1[C@@H]1CCCN1Cc1ccc(-c2c(C)cccc2C(F)(F)F)cn1.[F-].[F-].[F][Sb]([F])([F])([F])[F].[F][Sb]([F])([F])([F])[F].[Fe+5]. The Bertz CT molecular complexity index is 2160. The van der Waals surface area contributed by atoms with Gasteiger partial charge >= 0.3 is 98.2 Å². The third-order valence-corrected chi connectivity index (χ3v) is 9.68. The van der Waals surface area contributed by atoms with E-state index in [1.807, 2.05) is 12.1 Å². The predicted molar refractivity (Wildman–Crippen MR) is 238 cm³/mol. The minimum absolute atomic E-state index is 0. The quantitative estimate of drug-likeness (QED) is 0.0612. The summed E-state index contributed by atoms with van der Waals surface area (Å²) >= 11 is -18.4. The molecule has 0 spiro atoms. The van der Waals surface area contributed by atoms with E-state index in [9.17, 15) is 54.5 Å². The summed E-state index contributed by atoms with van der Waals surface area (Å²) < 4.78 is 183. The number of alkyl halides is 6. The molecule has 6 nitrogen and oxygen atoms in total. The van der Waals surface area contributed by atoms with E-state index < -0.39 is 64.1 Å². The zero-order chi connectivity index (χ0) is 52.5. The number of hydrogen-bond acceptors (Lipinski definition) is 3. The summed E-state index contributed by atoms with van der Waals surface area (Å²) in [6.07, 6.45) is 1.73. The van der Waals surface area contributed by atoms with Gasteiger partial charge in [0, 0.05) is 44.0 Å². The third kappa shape index (κ3) is 28.1. The topological polar surface area (TPSA) is 67.9 Å². The molecule has 0 saturated carbocycles. The van der Waals surface area contributed by atoms with Crippen molar-refractivity contribution in [1.82, 2.24) is 14.8 Å². The van der Waals surface area contributed by atoms with Crippen LogP contribution in [0.3, 0.4) is 0 Å². The van der Waals surface area contributed by atoms with Crippen molar-refractivity contribution in [1.29, 1.82) is 0 Å². The number of rotatable bonds is 7. The number of likely N-dealkylation sites (tertiary alicyclic amines) is 2. The number of aromatic nitrogens is 2. The van der Waals surface area contributed by atoms with Crippen LogP contribution >= 0.6 is 0 Å². The molecule has 0 N–H and O–H groups in total. The largest absolute Gasteiger partial charge is 5.00 e. The van der Waals surface area contributed by atoms with Gasteiger partial charge in [-0.2, -0.15) is 26.3 Å². The Hall–Kier alpha value is -3.23. The molecule has 27 heteroatoms. The molecule has 0 amide bonds. The van der Waals surface area contributed by atoms with Crippen LogP contribution in [0.4, 0.5) is 54.5 Å². The summed E-state index contributed by atoms with van der Waals surface area (Å²) in [4.78, 5) is 9.47. The van der Waals surface area contributed by atoms with E-state index in [2.05, 4.69) is 35.7 Å². The average molecular weight is 1310 g/mol. The van der Waals surface area contributed by atoms with Gasteiger partial charge in [-0.25, -0.2) is 12.4 Å². The van der Waals surface area contributed by atoms with Gasteiger partial charge < -0.3 is 29.7 Å². The monoisotopic (exact) mass is 1310 g/mol. The van der Waals surface area contributed by atoms with Crippen LogP contribution in [0.25, 0.3) is 33.1 Å². The summed E-state index contributed by atoms with van der Waals surface area (Å²) in [6.45, 7) is 13.8. The number of benzene rings is 2. The molecule has 0 bridgehead atoms. The second-order valence-corrected chi connectivity index (χ2v) is 22.6. The molecule has 0 aliphatic carbocycles. The zero-order valence-electron chi connectivity index (χ0n) is 39.0. The van der Waals surface area contributed by atoms with E-state index in [1.165, 1.54) is 18.6 Å². The number of halogens is 18. The maximum Gasteiger partial charge on any atom is 5.00 e. The van der Waals surface area contributed by atoms with Gasteiger partial charge in [0.25, 0.3) is 0 Å². The second kappa shape index (κ2) is 30.2. The Kier molecular flexibility index (Phi) is 30.6. The van der Waals surface area contributed by atoms with Crippen LogP contribution in [0.15, 0.2) is 73.1 Å². The van der Waals surface area contributed by atoms with Crippen LogP contribution in [-0.4, -0.2) is 93.0 Å². The van der Waals surface area contributed by atoms with Crippen LogP contribution in [0.1, 0.15) is 93.4 Å². The molecule has 2 aromatic heterocycles. The number of hydrogen-bond donors (Lipinski definition) is 0. The molecule has 4 aromatic rings. The predicted octanol–water partition coefficient (Wildman–Crippen LogP) is 8.78. The molecule has 403 valence electrons. The van der Waals surface area contributed by atoms with Crippen molar-refractivity contribution in [3.05, 3.63) is 125 Å². The smallest absolute Gasteiger partial charge is 5.00 e. The van der Waals surface area contributed by atoms with E-state index >= 15 is 0 Å². The van der Waals surface area contributed by atoms with Crippen LogP contribution in [-0.2, 0) is 42.5 Å². The van der Waals surface area contributed by atoms with Crippen LogP contribution < -0.4 is 14.0 Å². The summed E-state index contributed by atoms with van der Waals surface area (Å²) in [7, 11) is 4.14. The Balaban J connectivity index is -0.00000164. The maximum absolute atomic E-state index is 13.8. The van der Waals surface area contributed by atoms with E-state index in [0.717, 1.165) is 74.7 Å². The Morgan fingerprint density at radius 1 is 0.648 bits per heavy atom. The molecule has 2 aliphatic rings. The van der Waals surface area contributed by atoms with E-state index in [0.29, 0.717) is 47.4 Å². The fraction of sp³-hybridized carbons (Fsp3) is 0.432. The van der Waals surface area contributed by atoms with Crippen molar-refractivity contribution in [3.8, 4) is 22.3 Å². The number of pyridine rings is 2. The minimum Gasteiger partial charge on any atom is 5.00 e. The Morgan fingerprint density at radius 2 is 1.00 bits per heavy atom. The van der Waals surface area contributed by atoms with Crippen molar-refractivity contribution in [2.75, 3.05) is 13.1 Å². The van der Waals surface area contributed by atoms with Gasteiger partial charge in [-0.05, 0) is 98.6 Å². The van der Waals surface area contributed by atoms with Crippen LogP contribution in [0.5, 0.6) is 0 Å². The van der Waals surface area contributed by atoms with Gasteiger partial charge in [0.2, 0.25) is 0 Å². The van der Waals surface area contributed by atoms with E-state index in [4.69, 9.17) is 10.8 Å². The number of aryl methyl sites for hydroxylation is 2. The first-order chi connectivity index (χ1) is 31.0. The van der Waals surface area contributed by atoms with Gasteiger partial charge in [0.1, 0.15) is 0 Å². The molecule has 2 atom stereocenters. The normalized spacial score (nSPS) is 16.8. The van der Waals surface area contributed by atoms with E-state index in [1.54, 1.807) is 68.9 Å². The van der Waals surface area contributed by atoms with Crippen LogP contribution in [0, 0.1) is 20.9 Å². The summed E-state index contributed by atoms with van der Waals surface area (Å²) in [5.74, 6) is 0. The number of nitrogens with zero attached hydrogens (tertiary/aromatic N) is 6. The van der Waals surface area contributed by atoms with Crippen molar-refractivity contribution >= 4 is 53.0 Å². The molecule has 0 unspecified atom stereocenters. The molecule has 2 aromatic carbocycles. The van der Waals surface area contributed by atoms with Crippen molar-refractivity contribution in [2.45, 2.75) is 111 Å². The summed E-state index contributed by atoms with van der Waals surface area (Å²) in [5, 5.41) is 14.9. The van der Waals surface area contributed by atoms with Gasteiger partial charge in [-0.3, -0.25) is 9.88 Å². The zero-order valence-corrected chi connectivity index (χ0v) is 45.3. The minimum atomic E-state index is -9.19. The summed E-state index contributed by atoms with van der Waals surface area (Å²) in [6, 6.07) is 16.2.